The Morgan fingerprint density at radius 1 is 1.36 bits per heavy atom. The van der Waals surface area contributed by atoms with E-state index in [9.17, 15) is 9.90 Å². The Bertz CT molecular complexity index is 614. The molecule has 6 heteroatoms. The number of hydrogen-bond donors (Lipinski definition) is 2. The molecule has 1 aromatic heterocycles. The number of carbonyl (C=O) groups is 1. The SMILES string of the molecule is CN1CCN(C(=O)[C@@H](O)c2ccccc2)C[C@H]1c1ncc[nH]1. The number of nitrogens with one attached hydrogen (secondary N) is 1. The maximum absolute atomic E-state index is 12.5. The van der Waals surface area contributed by atoms with Gasteiger partial charge in [-0.2, -0.15) is 0 Å². The molecule has 1 fully saturated rings. The third-order valence-electron chi connectivity index (χ3n) is 4.14. The Morgan fingerprint density at radius 3 is 2.82 bits per heavy atom. The quantitative estimate of drug-likeness (QED) is 0.885. The number of likely N-dealkylation sites (N-methyl/N-ethyl adjacent to an activating group) is 1. The Kier molecular flexibility index (Phi) is 4.22. The summed E-state index contributed by atoms with van der Waals surface area (Å²) in [5, 5.41) is 10.3. The van der Waals surface area contributed by atoms with E-state index in [0.29, 0.717) is 18.7 Å². The second-order valence-corrected chi connectivity index (χ2v) is 5.57. The van der Waals surface area contributed by atoms with Gasteiger partial charge in [-0.15, -0.1) is 0 Å². The average Bonchev–Trinajstić information content (AvgIpc) is 3.09. The first-order valence-electron chi connectivity index (χ1n) is 7.38. The van der Waals surface area contributed by atoms with E-state index in [2.05, 4.69) is 14.9 Å². The second kappa shape index (κ2) is 6.29. The molecule has 0 spiro atoms. The van der Waals surface area contributed by atoms with Gasteiger partial charge in [0.15, 0.2) is 6.10 Å². The molecule has 2 aromatic rings. The molecule has 2 N–H and O–H groups in total. The minimum atomic E-state index is -1.11. The smallest absolute Gasteiger partial charge is 0.256 e. The van der Waals surface area contributed by atoms with E-state index in [4.69, 9.17) is 0 Å². The molecular weight excluding hydrogens is 280 g/mol. The summed E-state index contributed by atoms with van der Waals surface area (Å²) in [5.41, 5.74) is 0.626. The fraction of sp³-hybridized carbons (Fsp3) is 0.375. The molecule has 0 bridgehead atoms. The minimum Gasteiger partial charge on any atom is -0.378 e. The van der Waals surface area contributed by atoms with Crippen LogP contribution in [0.4, 0.5) is 0 Å². The predicted molar refractivity (Wildman–Crippen MR) is 81.9 cm³/mol. The van der Waals surface area contributed by atoms with E-state index < -0.39 is 6.10 Å². The van der Waals surface area contributed by atoms with Crippen molar-refractivity contribution in [2.24, 2.45) is 0 Å². The predicted octanol–water partition coefficient (Wildman–Crippen LogP) is 0.958. The van der Waals surface area contributed by atoms with Crippen LogP contribution >= 0.6 is 0 Å². The molecule has 1 aromatic carbocycles. The molecule has 0 unspecified atom stereocenters. The number of H-pyrrole nitrogens is 1. The fourth-order valence-electron chi connectivity index (χ4n) is 2.78. The lowest BCUT2D eigenvalue weighted by atomic mass is 10.1. The van der Waals surface area contributed by atoms with Crippen LogP contribution in [-0.2, 0) is 4.79 Å². The zero-order valence-corrected chi connectivity index (χ0v) is 12.5. The number of imidazole rings is 1. The number of aliphatic hydroxyl groups is 1. The Labute approximate surface area is 129 Å². The van der Waals surface area contributed by atoms with Crippen molar-refractivity contribution in [1.29, 1.82) is 0 Å². The van der Waals surface area contributed by atoms with E-state index in [1.807, 2.05) is 25.2 Å². The maximum Gasteiger partial charge on any atom is 0.256 e. The number of amides is 1. The van der Waals surface area contributed by atoms with Crippen molar-refractivity contribution < 1.29 is 9.90 Å². The van der Waals surface area contributed by atoms with Gasteiger partial charge in [0.25, 0.3) is 5.91 Å². The highest BCUT2D eigenvalue weighted by atomic mass is 16.3. The maximum atomic E-state index is 12.5. The number of rotatable bonds is 3. The molecule has 1 aliphatic rings. The fourth-order valence-corrected chi connectivity index (χ4v) is 2.78. The molecule has 3 rings (SSSR count). The molecule has 22 heavy (non-hydrogen) atoms. The number of carbonyl (C=O) groups excluding carboxylic acids is 1. The number of benzene rings is 1. The summed E-state index contributed by atoms with van der Waals surface area (Å²) in [6, 6.07) is 9.06. The number of aromatic amines is 1. The van der Waals surface area contributed by atoms with E-state index in [-0.39, 0.29) is 11.9 Å². The van der Waals surface area contributed by atoms with Gasteiger partial charge in [-0.3, -0.25) is 9.69 Å². The number of nitrogens with zero attached hydrogens (tertiary/aromatic N) is 3. The van der Waals surface area contributed by atoms with Gasteiger partial charge in [0.1, 0.15) is 5.82 Å². The number of piperazine rings is 1. The highest BCUT2D eigenvalue weighted by molar-refractivity contribution is 5.82. The van der Waals surface area contributed by atoms with Crippen molar-refractivity contribution in [2.75, 3.05) is 26.7 Å². The summed E-state index contributed by atoms with van der Waals surface area (Å²) in [7, 11) is 2.02. The molecule has 116 valence electrons. The topological polar surface area (TPSA) is 72.5 Å². The molecule has 2 atom stereocenters. The van der Waals surface area contributed by atoms with Crippen LogP contribution in [0.2, 0.25) is 0 Å². The summed E-state index contributed by atoms with van der Waals surface area (Å²) < 4.78 is 0. The van der Waals surface area contributed by atoms with Crippen LogP contribution in [0.5, 0.6) is 0 Å². The summed E-state index contributed by atoms with van der Waals surface area (Å²) in [6.07, 6.45) is 2.38. The van der Waals surface area contributed by atoms with Crippen molar-refractivity contribution in [1.82, 2.24) is 19.8 Å². The van der Waals surface area contributed by atoms with Gasteiger partial charge in [0.05, 0.1) is 6.04 Å². The standard InChI is InChI=1S/C16H20N4O2/c1-19-9-10-20(11-13(19)15-17-7-8-18-15)16(22)14(21)12-5-3-2-4-6-12/h2-8,13-14,21H,9-11H2,1H3,(H,17,18)/t13-,14-/m0/s1. The molecule has 6 nitrogen and oxygen atoms in total. The van der Waals surface area contributed by atoms with Crippen molar-refractivity contribution in [3.8, 4) is 0 Å². The molecule has 0 radical (unpaired) electrons. The van der Waals surface area contributed by atoms with Crippen LogP contribution in [0.1, 0.15) is 23.5 Å². The average molecular weight is 300 g/mol. The van der Waals surface area contributed by atoms with Crippen LogP contribution in [0.3, 0.4) is 0 Å². The van der Waals surface area contributed by atoms with E-state index in [1.54, 1.807) is 29.4 Å². The van der Waals surface area contributed by atoms with Crippen molar-refractivity contribution >= 4 is 5.91 Å². The lowest BCUT2D eigenvalue weighted by Crippen LogP contribution is -2.50. The van der Waals surface area contributed by atoms with Crippen LogP contribution in [-0.4, -0.2) is 57.5 Å². The zero-order valence-electron chi connectivity index (χ0n) is 12.5. The molecular formula is C16H20N4O2. The van der Waals surface area contributed by atoms with E-state index in [1.165, 1.54) is 0 Å². The highest BCUT2D eigenvalue weighted by Crippen LogP contribution is 2.24. The minimum absolute atomic E-state index is 0.0238. The number of aliphatic hydroxyl groups excluding tert-OH is 1. The second-order valence-electron chi connectivity index (χ2n) is 5.57. The van der Waals surface area contributed by atoms with Crippen molar-refractivity contribution in [3.05, 3.63) is 54.1 Å². The molecule has 1 amide bonds. The van der Waals surface area contributed by atoms with Gasteiger partial charge in [0, 0.05) is 32.0 Å². The zero-order chi connectivity index (χ0) is 15.5. The van der Waals surface area contributed by atoms with Crippen LogP contribution in [0, 0.1) is 0 Å². The van der Waals surface area contributed by atoms with Crippen LogP contribution in [0.15, 0.2) is 42.7 Å². The van der Waals surface area contributed by atoms with Crippen molar-refractivity contribution in [3.63, 3.8) is 0 Å². The van der Waals surface area contributed by atoms with Gasteiger partial charge < -0.3 is 15.0 Å². The normalized spacial score (nSPS) is 20.8. The lowest BCUT2D eigenvalue weighted by molar-refractivity contribution is -0.143. The van der Waals surface area contributed by atoms with Crippen LogP contribution in [0.25, 0.3) is 0 Å². The Hall–Kier alpha value is -2.18. The van der Waals surface area contributed by atoms with E-state index in [0.717, 1.165) is 12.4 Å². The Morgan fingerprint density at radius 2 is 2.14 bits per heavy atom. The number of aromatic nitrogens is 2. The molecule has 1 saturated heterocycles. The van der Waals surface area contributed by atoms with Gasteiger partial charge in [-0.05, 0) is 12.6 Å². The summed E-state index contributed by atoms with van der Waals surface area (Å²) in [6.45, 7) is 1.88. The molecule has 2 heterocycles. The van der Waals surface area contributed by atoms with Crippen LogP contribution < -0.4 is 0 Å². The molecule has 1 aliphatic heterocycles. The van der Waals surface area contributed by atoms with E-state index >= 15 is 0 Å². The molecule has 0 aliphatic carbocycles. The van der Waals surface area contributed by atoms with Gasteiger partial charge in [-0.1, -0.05) is 30.3 Å². The lowest BCUT2D eigenvalue weighted by Gasteiger charge is -2.39. The third kappa shape index (κ3) is 2.88. The van der Waals surface area contributed by atoms with Gasteiger partial charge in [-0.25, -0.2) is 4.98 Å². The van der Waals surface area contributed by atoms with Gasteiger partial charge in [0.2, 0.25) is 0 Å². The highest BCUT2D eigenvalue weighted by Gasteiger charge is 2.32. The Balaban J connectivity index is 1.73. The summed E-state index contributed by atoms with van der Waals surface area (Å²) >= 11 is 0. The largest absolute Gasteiger partial charge is 0.378 e. The first kappa shape index (κ1) is 14.7. The monoisotopic (exact) mass is 300 g/mol. The summed E-state index contributed by atoms with van der Waals surface area (Å²) in [5.74, 6) is 0.588. The van der Waals surface area contributed by atoms with Gasteiger partial charge >= 0.3 is 0 Å². The third-order valence-corrected chi connectivity index (χ3v) is 4.14. The van der Waals surface area contributed by atoms with Crippen molar-refractivity contribution in [2.45, 2.75) is 12.1 Å². The molecule has 0 saturated carbocycles. The summed E-state index contributed by atoms with van der Waals surface area (Å²) in [4.78, 5) is 23.8. The first-order chi connectivity index (χ1) is 10.7. The first-order valence-corrected chi connectivity index (χ1v) is 7.38. The number of hydrogen-bond acceptors (Lipinski definition) is 4.